The minimum Gasteiger partial charge on any atom is -0.346 e. The first-order chi connectivity index (χ1) is 7.22. The number of nitrogens with zero attached hydrogens (tertiary/aromatic N) is 1. The third-order valence-electron chi connectivity index (χ3n) is 2.77. The van der Waals surface area contributed by atoms with Gasteiger partial charge in [0.2, 0.25) is 5.91 Å². The largest absolute Gasteiger partial charge is 0.346 e. The van der Waals surface area contributed by atoms with Crippen molar-refractivity contribution in [1.29, 1.82) is 0 Å². The second-order valence-electron chi connectivity index (χ2n) is 4.33. The zero-order chi connectivity index (χ0) is 11.5. The Bertz CT molecular complexity index is 157. The van der Waals surface area contributed by atoms with Crippen molar-refractivity contribution in [3.05, 3.63) is 0 Å². The van der Waals surface area contributed by atoms with E-state index in [0.29, 0.717) is 5.91 Å². The second-order valence-corrected chi connectivity index (χ2v) is 4.33. The molecular formula is C13H27NO. The first kappa shape index (κ1) is 14.5. The van der Waals surface area contributed by atoms with Crippen molar-refractivity contribution in [2.75, 3.05) is 13.6 Å². The predicted octanol–water partition coefficient (Wildman–Crippen LogP) is 3.61. The van der Waals surface area contributed by atoms with Crippen LogP contribution in [0.5, 0.6) is 0 Å². The Morgan fingerprint density at radius 3 is 2.13 bits per heavy atom. The standard InChI is InChI=1S/C13H27NO/c1-4-6-8-9-10-11-13(15)14(3)12-7-5-2/h4-12H2,1-3H3. The Labute approximate surface area is 95.0 Å². The lowest BCUT2D eigenvalue weighted by Gasteiger charge is -2.16. The number of rotatable bonds is 9. The molecule has 0 saturated heterocycles. The number of amides is 1. The molecule has 0 radical (unpaired) electrons. The molecule has 0 aliphatic rings. The molecule has 0 fully saturated rings. The number of unbranched alkanes of at least 4 members (excludes halogenated alkanes) is 5. The molecule has 0 saturated carbocycles. The average Bonchev–Trinajstić information content (AvgIpc) is 2.25. The van der Waals surface area contributed by atoms with Crippen LogP contribution in [0.25, 0.3) is 0 Å². The summed E-state index contributed by atoms with van der Waals surface area (Å²) in [6.45, 7) is 5.29. The van der Waals surface area contributed by atoms with Gasteiger partial charge in [-0.05, 0) is 12.8 Å². The van der Waals surface area contributed by atoms with Gasteiger partial charge >= 0.3 is 0 Å². The molecule has 0 rings (SSSR count). The van der Waals surface area contributed by atoms with E-state index in [4.69, 9.17) is 0 Å². The van der Waals surface area contributed by atoms with E-state index in [0.717, 1.165) is 32.2 Å². The van der Waals surface area contributed by atoms with E-state index in [1.165, 1.54) is 25.7 Å². The van der Waals surface area contributed by atoms with Crippen LogP contribution in [-0.2, 0) is 4.79 Å². The van der Waals surface area contributed by atoms with Gasteiger partial charge in [-0.15, -0.1) is 0 Å². The summed E-state index contributed by atoms with van der Waals surface area (Å²) < 4.78 is 0. The summed E-state index contributed by atoms with van der Waals surface area (Å²) in [5.41, 5.74) is 0. The molecule has 2 heteroatoms. The maximum atomic E-state index is 11.6. The fourth-order valence-electron chi connectivity index (χ4n) is 1.59. The number of hydrogen-bond donors (Lipinski definition) is 0. The Morgan fingerprint density at radius 2 is 1.53 bits per heavy atom. The van der Waals surface area contributed by atoms with E-state index in [1.54, 1.807) is 0 Å². The monoisotopic (exact) mass is 213 g/mol. The first-order valence-corrected chi connectivity index (χ1v) is 6.46. The normalized spacial score (nSPS) is 10.3. The molecule has 0 aliphatic carbocycles. The number of carbonyl (C=O) groups is 1. The molecule has 90 valence electrons. The third-order valence-corrected chi connectivity index (χ3v) is 2.77. The van der Waals surface area contributed by atoms with Crippen molar-refractivity contribution in [3.8, 4) is 0 Å². The van der Waals surface area contributed by atoms with Gasteiger partial charge < -0.3 is 4.90 Å². The molecule has 15 heavy (non-hydrogen) atoms. The van der Waals surface area contributed by atoms with E-state index in [9.17, 15) is 4.79 Å². The summed E-state index contributed by atoms with van der Waals surface area (Å²) in [7, 11) is 1.92. The molecule has 0 heterocycles. The molecule has 0 unspecified atom stereocenters. The first-order valence-electron chi connectivity index (χ1n) is 6.46. The van der Waals surface area contributed by atoms with Crippen molar-refractivity contribution >= 4 is 5.91 Å². The highest BCUT2D eigenvalue weighted by Gasteiger charge is 2.06. The van der Waals surface area contributed by atoms with E-state index in [2.05, 4.69) is 13.8 Å². The number of carbonyl (C=O) groups excluding carboxylic acids is 1. The minimum absolute atomic E-state index is 0.319. The molecule has 0 N–H and O–H groups in total. The van der Waals surface area contributed by atoms with Crippen LogP contribution in [0.1, 0.15) is 65.2 Å². The van der Waals surface area contributed by atoms with E-state index in [-0.39, 0.29) is 0 Å². The maximum Gasteiger partial charge on any atom is 0.222 e. The van der Waals surface area contributed by atoms with Crippen LogP contribution in [-0.4, -0.2) is 24.4 Å². The van der Waals surface area contributed by atoms with Crippen molar-refractivity contribution in [2.45, 2.75) is 65.2 Å². The second kappa shape index (κ2) is 10.0. The molecular weight excluding hydrogens is 186 g/mol. The van der Waals surface area contributed by atoms with Crippen LogP contribution < -0.4 is 0 Å². The highest BCUT2D eigenvalue weighted by Crippen LogP contribution is 2.06. The molecule has 0 aromatic carbocycles. The van der Waals surface area contributed by atoms with E-state index in [1.807, 2.05) is 11.9 Å². The summed E-state index contributed by atoms with van der Waals surface area (Å²) in [5, 5.41) is 0. The lowest BCUT2D eigenvalue weighted by atomic mass is 10.1. The zero-order valence-electron chi connectivity index (χ0n) is 10.7. The topological polar surface area (TPSA) is 20.3 Å². The van der Waals surface area contributed by atoms with Gasteiger partial charge in [-0.3, -0.25) is 4.79 Å². The molecule has 0 aromatic heterocycles. The fourth-order valence-corrected chi connectivity index (χ4v) is 1.59. The molecule has 1 amide bonds. The van der Waals surface area contributed by atoms with Crippen molar-refractivity contribution < 1.29 is 4.79 Å². The van der Waals surface area contributed by atoms with Crippen molar-refractivity contribution in [1.82, 2.24) is 4.90 Å². The zero-order valence-corrected chi connectivity index (χ0v) is 10.7. The SMILES string of the molecule is CCCCCCCC(=O)N(C)CCCC. The Balaban J connectivity index is 3.38. The molecule has 0 atom stereocenters. The number of hydrogen-bond acceptors (Lipinski definition) is 1. The maximum absolute atomic E-state index is 11.6. The van der Waals surface area contributed by atoms with Gasteiger partial charge in [0.15, 0.2) is 0 Å². The van der Waals surface area contributed by atoms with Gasteiger partial charge in [-0.2, -0.15) is 0 Å². The summed E-state index contributed by atoms with van der Waals surface area (Å²) >= 11 is 0. The minimum atomic E-state index is 0.319. The lowest BCUT2D eigenvalue weighted by Crippen LogP contribution is -2.27. The van der Waals surface area contributed by atoms with Crippen LogP contribution in [0.4, 0.5) is 0 Å². The highest BCUT2D eigenvalue weighted by molar-refractivity contribution is 5.75. The van der Waals surface area contributed by atoms with Crippen molar-refractivity contribution in [3.63, 3.8) is 0 Å². The van der Waals surface area contributed by atoms with Gasteiger partial charge in [0.05, 0.1) is 0 Å². The van der Waals surface area contributed by atoms with Crippen LogP contribution in [0.3, 0.4) is 0 Å². The average molecular weight is 213 g/mol. The fraction of sp³-hybridized carbons (Fsp3) is 0.923. The summed E-state index contributed by atoms with van der Waals surface area (Å²) in [6.07, 6.45) is 9.15. The molecule has 0 aliphatic heterocycles. The van der Waals surface area contributed by atoms with Gasteiger partial charge in [0.25, 0.3) is 0 Å². The predicted molar refractivity (Wildman–Crippen MR) is 65.9 cm³/mol. The van der Waals surface area contributed by atoms with Gasteiger partial charge in [-0.25, -0.2) is 0 Å². The van der Waals surface area contributed by atoms with Crippen LogP contribution in [0, 0.1) is 0 Å². The van der Waals surface area contributed by atoms with Crippen molar-refractivity contribution in [2.24, 2.45) is 0 Å². The Hall–Kier alpha value is -0.530. The van der Waals surface area contributed by atoms with Gasteiger partial charge in [0.1, 0.15) is 0 Å². The van der Waals surface area contributed by atoms with E-state index < -0.39 is 0 Å². The van der Waals surface area contributed by atoms with E-state index >= 15 is 0 Å². The third kappa shape index (κ3) is 8.46. The lowest BCUT2D eigenvalue weighted by molar-refractivity contribution is -0.130. The smallest absolute Gasteiger partial charge is 0.222 e. The Kier molecular flexibility index (Phi) is 9.65. The van der Waals surface area contributed by atoms with Gasteiger partial charge in [-0.1, -0.05) is 46.0 Å². The summed E-state index contributed by atoms with van der Waals surface area (Å²) in [5.74, 6) is 0.319. The highest BCUT2D eigenvalue weighted by atomic mass is 16.2. The summed E-state index contributed by atoms with van der Waals surface area (Å²) in [6, 6.07) is 0. The molecule has 0 aromatic rings. The quantitative estimate of drug-likeness (QED) is 0.536. The molecule has 2 nitrogen and oxygen atoms in total. The molecule has 0 spiro atoms. The van der Waals surface area contributed by atoms with Crippen LogP contribution in [0.15, 0.2) is 0 Å². The van der Waals surface area contributed by atoms with Gasteiger partial charge in [0, 0.05) is 20.0 Å². The van der Waals surface area contributed by atoms with Crippen LogP contribution >= 0.6 is 0 Å². The summed E-state index contributed by atoms with van der Waals surface area (Å²) in [4.78, 5) is 13.5. The van der Waals surface area contributed by atoms with Crippen LogP contribution in [0.2, 0.25) is 0 Å². The Morgan fingerprint density at radius 1 is 0.933 bits per heavy atom. The molecule has 0 bridgehead atoms.